The van der Waals surface area contributed by atoms with Crippen LogP contribution >= 0.6 is 11.6 Å². The average molecular weight is 324 g/mol. The maximum absolute atomic E-state index is 12.2. The fourth-order valence-corrected chi connectivity index (χ4v) is 2.00. The Hall–Kier alpha value is -0.780. The van der Waals surface area contributed by atoms with Gasteiger partial charge in [-0.2, -0.15) is 13.2 Å². The van der Waals surface area contributed by atoms with Gasteiger partial charge in [-0.1, -0.05) is 37.6 Å². The summed E-state index contributed by atoms with van der Waals surface area (Å²) in [5.74, 6) is 0.343. The summed E-state index contributed by atoms with van der Waals surface area (Å²) in [5.41, 5.74) is 0.915. The van der Waals surface area contributed by atoms with Crippen LogP contribution in [0.25, 0.3) is 0 Å². The average Bonchev–Trinajstić information content (AvgIpc) is 2.36. The topological polar surface area (TPSA) is 21.3 Å². The van der Waals surface area contributed by atoms with Gasteiger partial charge in [0.25, 0.3) is 0 Å². The number of rotatable bonds is 8. The van der Waals surface area contributed by atoms with Gasteiger partial charge < -0.3 is 10.1 Å². The lowest BCUT2D eigenvalue weighted by atomic mass is 10.00. The van der Waals surface area contributed by atoms with E-state index in [-0.39, 0.29) is 12.5 Å². The van der Waals surface area contributed by atoms with Gasteiger partial charge in [0.1, 0.15) is 6.61 Å². The van der Waals surface area contributed by atoms with Crippen molar-refractivity contribution >= 4 is 11.6 Å². The van der Waals surface area contributed by atoms with Crippen LogP contribution < -0.4 is 5.32 Å². The molecule has 0 aliphatic rings. The van der Waals surface area contributed by atoms with Crippen LogP contribution in [0.15, 0.2) is 24.3 Å². The van der Waals surface area contributed by atoms with Crippen LogP contribution in [0.4, 0.5) is 13.2 Å². The molecule has 0 aliphatic carbocycles. The molecule has 1 atom stereocenters. The third-order valence-electron chi connectivity index (χ3n) is 2.87. The molecule has 0 bridgehead atoms. The zero-order valence-corrected chi connectivity index (χ0v) is 13.0. The Kier molecular flexibility index (Phi) is 7.49. The monoisotopic (exact) mass is 323 g/mol. The Morgan fingerprint density at radius 1 is 1.14 bits per heavy atom. The molecule has 0 saturated carbocycles. The zero-order valence-electron chi connectivity index (χ0n) is 12.2. The Balaban J connectivity index is 2.59. The van der Waals surface area contributed by atoms with E-state index in [0.29, 0.717) is 17.5 Å². The number of benzene rings is 1. The van der Waals surface area contributed by atoms with E-state index in [0.717, 1.165) is 12.1 Å². The van der Waals surface area contributed by atoms with Gasteiger partial charge in [-0.15, -0.1) is 0 Å². The molecule has 1 rings (SSSR count). The Bertz CT molecular complexity index is 406. The van der Waals surface area contributed by atoms with Crippen LogP contribution in [-0.2, 0) is 4.74 Å². The van der Waals surface area contributed by atoms with Gasteiger partial charge in [-0.25, -0.2) is 0 Å². The molecule has 0 spiro atoms. The smallest absolute Gasteiger partial charge is 0.371 e. The Morgan fingerprint density at radius 3 is 2.29 bits per heavy atom. The fourth-order valence-electron chi connectivity index (χ4n) is 1.87. The molecule has 120 valence electrons. The van der Waals surface area contributed by atoms with Crippen LogP contribution in [0.2, 0.25) is 5.02 Å². The van der Waals surface area contributed by atoms with Gasteiger partial charge in [-0.05, 0) is 30.2 Å². The van der Waals surface area contributed by atoms with Gasteiger partial charge in [0.05, 0.1) is 6.61 Å². The molecule has 21 heavy (non-hydrogen) atoms. The molecule has 1 N–H and O–H groups in total. The van der Waals surface area contributed by atoms with Crippen molar-refractivity contribution in [2.75, 3.05) is 26.3 Å². The first-order valence-corrected chi connectivity index (χ1v) is 7.26. The second kappa shape index (κ2) is 8.61. The lowest BCUT2D eigenvalue weighted by Crippen LogP contribution is -2.29. The van der Waals surface area contributed by atoms with Crippen LogP contribution in [-0.4, -0.2) is 32.5 Å². The van der Waals surface area contributed by atoms with Crippen molar-refractivity contribution in [2.24, 2.45) is 5.92 Å². The summed E-state index contributed by atoms with van der Waals surface area (Å²) in [6.07, 6.45) is -4.30. The predicted molar refractivity (Wildman–Crippen MR) is 78.8 cm³/mol. The van der Waals surface area contributed by atoms with Gasteiger partial charge in [0.2, 0.25) is 0 Å². The fraction of sp³-hybridized carbons (Fsp3) is 0.600. The molecule has 0 aliphatic heterocycles. The molecule has 6 heteroatoms. The van der Waals surface area contributed by atoms with E-state index >= 15 is 0 Å². The van der Waals surface area contributed by atoms with Crippen molar-refractivity contribution in [3.05, 3.63) is 34.9 Å². The quantitative estimate of drug-likeness (QED) is 0.772. The SMILES string of the molecule is CC(C)CNCC(COCC(F)(F)F)c1ccc(Cl)cc1. The molecule has 0 heterocycles. The van der Waals surface area contributed by atoms with Gasteiger partial charge >= 0.3 is 6.18 Å². The third-order valence-corrected chi connectivity index (χ3v) is 3.12. The summed E-state index contributed by atoms with van der Waals surface area (Å²) >= 11 is 5.83. The number of ether oxygens (including phenoxy) is 1. The minimum absolute atomic E-state index is 0.0201. The second-order valence-electron chi connectivity index (χ2n) is 5.43. The minimum Gasteiger partial charge on any atom is -0.371 e. The third kappa shape index (κ3) is 8.29. The van der Waals surface area contributed by atoms with E-state index in [4.69, 9.17) is 16.3 Å². The molecule has 1 aromatic carbocycles. The lowest BCUT2D eigenvalue weighted by Gasteiger charge is -2.20. The molecule has 0 aromatic heterocycles. The molecule has 1 unspecified atom stereocenters. The standard InChI is InChI=1S/C15H21ClF3NO/c1-11(2)7-20-8-13(9-21-10-15(17,18)19)12-3-5-14(16)6-4-12/h3-6,11,13,20H,7-10H2,1-2H3. The molecule has 2 nitrogen and oxygen atoms in total. The summed E-state index contributed by atoms with van der Waals surface area (Å²) in [5, 5.41) is 3.85. The highest BCUT2D eigenvalue weighted by Crippen LogP contribution is 2.20. The zero-order chi connectivity index (χ0) is 15.9. The van der Waals surface area contributed by atoms with Crippen molar-refractivity contribution in [1.82, 2.24) is 5.32 Å². The minimum atomic E-state index is -4.30. The summed E-state index contributed by atoms with van der Waals surface area (Å²) in [4.78, 5) is 0. The van der Waals surface area contributed by atoms with Crippen LogP contribution in [0.5, 0.6) is 0 Å². The van der Waals surface area contributed by atoms with E-state index in [9.17, 15) is 13.2 Å². The number of hydrogen-bond donors (Lipinski definition) is 1. The van der Waals surface area contributed by atoms with E-state index in [2.05, 4.69) is 19.2 Å². The normalized spacial score (nSPS) is 13.7. The molecule has 0 amide bonds. The first-order valence-electron chi connectivity index (χ1n) is 6.88. The Morgan fingerprint density at radius 2 is 1.76 bits per heavy atom. The van der Waals surface area contributed by atoms with Crippen molar-refractivity contribution in [3.63, 3.8) is 0 Å². The highest BCUT2D eigenvalue weighted by atomic mass is 35.5. The maximum Gasteiger partial charge on any atom is 0.411 e. The van der Waals surface area contributed by atoms with E-state index in [1.807, 2.05) is 12.1 Å². The summed E-state index contributed by atoms with van der Waals surface area (Å²) in [6, 6.07) is 7.11. The summed E-state index contributed by atoms with van der Waals surface area (Å²) in [6.45, 7) is 4.32. The van der Waals surface area contributed by atoms with Gasteiger partial charge in [0, 0.05) is 17.5 Å². The predicted octanol–water partition coefficient (Wildman–Crippen LogP) is 4.25. The molecule has 0 radical (unpaired) electrons. The van der Waals surface area contributed by atoms with Crippen molar-refractivity contribution < 1.29 is 17.9 Å². The maximum atomic E-state index is 12.2. The number of hydrogen-bond acceptors (Lipinski definition) is 2. The molecular formula is C15H21ClF3NO. The second-order valence-corrected chi connectivity index (χ2v) is 5.87. The van der Waals surface area contributed by atoms with Crippen LogP contribution in [0, 0.1) is 5.92 Å². The summed E-state index contributed by atoms with van der Waals surface area (Å²) in [7, 11) is 0. The number of alkyl halides is 3. The van der Waals surface area contributed by atoms with Crippen LogP contribution in [0.3, 0.4) is 0 Å². The largest absolute Gasteiger partial charge is 0.411 e. The highest BCUT2D eigenvalue weighted by Gasteiger charge is 2.28. The van der Waals surface area contributed by atoms with Crippen molar-refractivity contribution in [2.45, 2.75) is 25.9 Å². The van der Waals surface area contributed by atoms with Crippen molar-refractivity contribution in [1.29, 1.82) is 0 Å². The first-order chi connectivity index (χ1) is 9.78. The first kappa shape index (κ1) is 18.3. The van der Waals surface area contributed by atoms with E-state index < -0.39 is 12.8 Å². The summed E-state index contributed by atoms with van der Waals surface area (Å²) < 4.78 is 41.3. The molecular weight excluding hydrogens is 303 g/mol. The highest BCUT2D eigenvalue weighted by molar-refractivity contribution is 6.30. The lowest BCUT2D eigenvalue weighted by molar-refractivity contribution is -0.174. The van der Waals surface area contributed by atoms with E-state index in [1.165, 1.54) is 0 Å². The molecule has 0 saturated heterocycles. The van der Waals surface area contributed by atoms with E-state index in [1.54, 1.807) is 12.1 Å². The Labute approximate surface area is 128 Å². The van der Waals surface area contributed by atoms with Gasteiger partial charge in [0.15, 0.2) is 0 Å². The number of halogens is 4. The van der Waals surface area contributed by atoms with Crippen molar-refractivity contribution in [3.8, 4) is 0 Å². The molecule has 1 aromatic rings. The number of nitrogens with one attached hydrogen (secondary N) is 1. The van der Waals surface area contributed by atoms with Crippen LogP contribution in [0.1, 0.15) is 25.3 Å². The molecule has 0 fully saturated rings. The van der Waals surface area contributed by atoms with Gasteiger partial charge in [-0.3, -0.25) is 0 Å².